The van der Waals surface area contributed by atoms with Gasteiger partial charge in [-0.1, -0.05) is 40.5 Å². The maximum Gasteiger partial charge on any atom is 0.264 e. The van der Waals surface area contributed by atoms with E-state index in [9.17, 15) is 13.2 Å². The normalized spacial score (nSPS) is 23.5. The number of sulfonamides is 1. The number of carbonyl (C=O) groups is 1. The Bertz CT molecular complexity index is 947. The fourth-order valence-electron chi connectivity index (χ4n) is 4.45. The van der Waals surface area contributed by atoms with Crippen molar-refractivity contribution in [3.05, 3.63) is 59.1 Å². The molecule has 2 aromatic carbocycles. The fourth-order valence-corrected chi connectivity index (χ4v) is 6.15. The van der Waals surface area contributed by atoms with Crippen molar-refractivity contribution in [1.29, 1.82) is 0 Å². The molecule has 1 amide bonds. The number of hydrogen-bond acceptors (Lipinski definition) is 3. The molecule has 4 rings (SSSR count). The molecule has 7 heteroatoms. The van der Waals surface area contributed by atoms with E-state index in [2.05, 4.69) is 21.2 Å². The number of halogens is 1. The second-order valence-corrected chi connectivity index (χ2v) is 10.4. The van der Waals surface area contributed by atoms with E-state index in [4.69, 9.17) is 0 Å². The summed E-state index contributed by atoms with van der Waals surface area (Å²) in [4.78, 5) is 12.9. The highest BCUT2D eigenvalue weighted by atomic mass is 79.9. The van der Waals surface area contributed by atoms with Crippen LogP contribution >= 0.6 is 15.9 Å². The minimum Gasteiger partial charge on any atom is -0.352 e. The molecule has 148 valence electrons. The van der Waals surface area contributed by atoms with Crippen LogP contribution in [-0.4, -0.2) is 26.9 Å². The van der Waals surface area contributed by atoms with E-state index < -0.39 is 10.0 Å². The molecule has 3 atom stereocenters. The number of benzene rings is 2. The summed E-state index contributed by atoms with van der Waals surface area (Å²) in [5.74, 6) is 1.01. The van der Waals surface area contributed by atoms with Gasteiger partial charge in [0.25, 0.3) is 10.0 Å². The van der Waals surface area contributed by atoms with Crippen LogP contribution in [-0.2, 0) is 14.8 Å². The average Bonchev–Trinajstić information content (AvgIpc) is 3.31. The van der Waals surface area contributed by atoms with Crippen molar-refractivity contribution in [2.24, 2.45) is 11.8 Å². The first-order chi connectivity index (χ1) is 13.4. The molecule has 2 fully saturated rings. The lowest BCUT2D eigenvalue weighted by Gasteiger charge is -2.27. The Balaban J connectivity index is 1.58. The first kappa shape index (κ1) is 19.5. The number of carbonyl (C=O) groups excluding carboxylic acids is 1. The standard InChI is InChI=1S/C21H23BrN2O3S/c22-17-8-10-18(11-9-17)24(28(26,27)19-4-2-1-3-5-19)14-21(25)23-20-13-15-6-7-16(20)12-15/h1-5,8-11,15-16,20H,6-7,12-14H2,(H,23,25). The van der Waals surface area contributed by atoms with Crippen LogP contribution in [0.5, 0.6) is 0 Å². The van der Waals surface area contributed by atoms with Crippen molar-refractivity contribution in [2.45, 2.75) is 36.6 Å². The van der Waals surface area contributed by atoms with Gasteiger partial charge in [-0.05, 0) is 67.5 Å². The van der Waals surface area contributed by atoms with Crippen molar-refractivity contribution in [1.82, 2.24) is 5.32 Å². The maximum absolute atomic E-state index is 13.3. The zero-order valence-corrected chi connectivity index (χ0v) is 17.8. The van der Waals surface area contributed by atoms with E-state index in [-0.39, 0.29) is 23.4 Å². The molecule has 0 aromatic heterocycles. The van der Waals surface area contributed by atoms with Gasteiger partial charge in [0.15, 0.2) is 0 Å². The molecule has 0 heterocycles. The molecule has 2 saturated carbocycles. The minimum absolute atomic E-state index is 0.172. The van der Waals surface area contributed by atoms with Crippen LogP contribution in [0.25, 0.3) is 0 Å². The quantitative estimate of drug-likeness (QED) is 0.706. The third-order valence-electron chi connectivity index (χ3n) is 5.82. The lowest BCUT2D eigenvalue weighted by Crippen LogP contribution is -2.45. The molecule has 0 spiro atoms. The lowest BCUT2D eigenvalue weighted by atomic mass is 9.95. The van der Waals surface area contributed by atoms with Crippen molar-refractivity contribution >= 4 is 37.5 Å². The van der Waals surface area contributed by atoms with Gasteiger partial charge in [0.2, 0.25) is 5.91 Å². The summed E-state index contributed by atoms with van der Waals surface area (Å²) >= 11 is 3.37. The summed E-state index contributed by atoms with van der Waals surface area (Å²) in [7, 11) is -3.85. The smallest absolute Gasteiger partial charge is 0.264 e. The highest BCUT2D eigenvalue weighted by Gasteiger charge is 2.40. The molecule has 2 aliphatic carbocycles. The lowest BCUT2D eigenvalue weighted by molar-refractivity contribution is -0.120. The van der Waals surface area contributed by atoms with Crippen molar-refractivity contribution in [3.63, 3.8) is 0 Å². The molecular formula is C21H23BrN2O3S. The van der Waals surface area contributed by atoms with E-state index >= 15 is 0 Å². The Morgan fingerprint density at radius 1 is 1.04 bits per heavy atom. The first-order valence-corrected chi connectivity index (χ1v) is 11.8. The summed E-state index contributed by atoms with van der Waals surface area (Å²) in [5, 5.41) is 3.09. The van der Waals surface area contributed by atoms with Crippen LogP contribution in [0, 0.1) is 11.8 Å². The number of rotatable bonds is 6. The van der Waals surface area contributed by atoms with E-state index in [0.717, 1.165) is 17.3 Å². The van der Waals surface area contributed by atoms with Crippen LogP contribution in [0.4, 0.5) is 5.69 Å². The second-order valence-electron chi connectivity index (χ2n) is 7.65. The monoisotopic (exact) mass is 462 g/mol. The molecular weight excluding hydrogens is 440 g/mol. The summed E-state index contributed by atoms with van der Waals surface area (Å²) in [6, 6.07) is 15.4. The third kappa shape index (κ3) is 3.96. The minimum atomic E-state index is -3.85. The van der Waals surface area contributed by atoms with Gasteiger partial charge in [-0.2, -0.15) is 0 Å². The predicted molar refractivity (Wildman–Crippen MR) is 112 cm³/mol. The molecule has 2 aliphatic rings. The number of amides is 1. The Kier molecular flexibility index (Phi) is 5.47. The third-order valence-corrected chi connectivity index (χ3v) is 8.13. The number of hydrogen-bond donors (Lipinski definition) is 1. The number of nitrogens with zero attached hydrogens (tertiary/aromatic N) is 1. The first-order valence-electron chi connectivity index (χ1n) is 9.56. The topological polar surface area (TPSA) is 66.5 Å². The van der Waals surface area contributed by atoms with Gasteiger partial charge in [-0.3, -0.25) is 9.10 Å². The molecule has 0 aliphatic heterocycles. The molecule has 2 bridgehead atoms. The van der Waals surface area contributed by atoms with Gasteiger partial charge < -0.3 is 5.32 Å². The van der Waals surface area contributed by atoms with Gasteiger partial charge in [0, 0.05) is 10.5 Å². The zero-order chi connectivity index (χ0) is 19.7. The van der Waals surface area contributed by atoms with Crippen LogP contribution in [0.3, 0.4) is 0 Å². The van der Waals surface area contributed by atoms with Gasteiger partial charge >= 0.3 is 0 Å². The molecule has 1 N–H and O–H groups in total. The molecule has 2 aromatic rings. The Hall–Kier alpha value is -1.86. The average molecular weight is 463 g/mol. The summed E-state index contributed by atoms with van der Waals surface area (Å²) in [5.41, 5.74) is 0.468. The second kappa shape index (κ2) is 7.87. The number of nitrogens with one attached hydrogen (secondary N) is 1. The molecule has 5 nitrogen and oxygen atoms in total. The molecule has 28 heavy (non-hydrogen) atoms. The van der Waals surface area contributed by atoms with Crippen LogP contribution in [0.2, 0.25) is 0 Å². The van der Waals surface area contributed by atoms with Gasteiger partial charge in [0.1, 0.15) is 6.54 Å². The van der Waals surface area contributed by atoms with Crippen LogP contribution < -0.4 is 9.62 Å². The molecule has 3 unspecified atom stereocenters. The maximum atomic E-state index is 13.3. The van der Waals surface area contributed by atoms with E-state index in [1.165, 1.54) is 17.1 Å². The van der Waals surface area contributed by atoms with Gasteiger partial charge in [-0.25, -0.2) is 8.42 Å². The Labute approximate surface area is 174 Å². The van der Waals surface area contributed by atoms with Crippen molar-refractivity contribution in [2.75, 3.05) is 10.8 Å². The number of fused-ring (bicyclic) bond motifs is 2. The van der Waals surface area contributed by atoms with Crippen LogP contribution in [0.1, 0.15) is 25.7 Å². The summed E-state index contributed by atoms with van der Waals surface area (Å²) < 4.78 is 28.5. The molecule has 0 radical (unpaired) electrons. The highest BCUT2D eigenvalue weighted by Crippen LogP contribution is 2.44. The van der Waals surface area contributed by atoms with E-state index in [0.29, 0.717) is 17.5 Å². The predicted octanol–water partition coefficient (Wildman–Crippen LogP) is 3.95. The number of anilines is 1. The zero-order valence-electron chi connectivity index (χ0n) is 15.4. The van der Waals surface area contributed by atoms with E-state index in [1.807, 2.05) is 0 Å². The fraction of sp³-hybridized carbons (Fsp3) is 0.381. The largest absolute Gasteiger partial charge is 0.352 e. The van der Waals surface area contributed by atoms with Gasteiger partial charge in [-0.15, -0.1) is 0 Å². The SMILES string of the molecule is O=C(CN(c1ccc(Br)cc1)S(=O)(=O)c1ccccc1)NC1CC2CCC1C2. The van der Waals surface area contributed by atoms with E-state index in [1.54, 1.807) is 54.6 Å². The van der Waals surface area contributed by atoms with Crippen molar-refractivity contribution < 1.29 is 13.2 Å². The summed E-state index contributed by atoms with van der Waals surface area (Å²) in [6.07, 6.45) is 4.61. The highest BCUT2D eigenvalue weighted by molar-refractivity contribution is 9.10. The Morgan fingerprint density at radius 2 is 1.75 bits per heavy atom. The van der Waals surface area contributed by atoms with Crippen molar-refractivity contribution in [3.8, 4) is 0 Å². The van der Waals surface area contributed by atoms with Gasteiger partial charge in [0.05, 0.1) is 10.6 Å². The Morgan fingerprint density at radius 3 is 2.36 bits per heavy atom. The van der Waals surface area contributed by atoms with Crippen LogP contribution in [0.15, 0.2) is 64.0 Å². The summed E-state index contributed by atoms with van der Waals surface area (Å²) in [6.45, 7) is -0.229. The molecule has 0 saturated heterocycles.